The number of thioether (sulfide) groups is 1. The molecule has 0 aliphatic carbocycles. The molecule has 0 radical (unpaired) electrons. The number of carboxylic acid groups (broad SMARTS) is 1. The number of carboxylic acids is 1. The molecule has 0 fully saturated rings. The number of rotatable bonds is 7. The Kier molecular flexibility index (Phi) is 7.83. The minimum absolute atomic E-state index is 0.483. The first-order chi connectivity index (χ1) is 6.22. The Morgan fingerprint density at radius 1 is 1.62 bits per heavy atom. The van der Waals surface area contributed by atoms with E-state index in [0.29, 0.717) is 18.5 Å². The SMILES string of the molecule is CCC(=CCNCCSC)C(=O)O. The smallest absolute Gasteiger partial charge is 0.331 e. The minimum atomic E-state index is -0.811. The Morgan fingerprint density at radius 2 is 2.31 bits per heavy atom. The van der Waals surface area contributed by atoms with Crippen LogP contribution < -0.4 is 5.32 Å². The van der Waals surface area contributed by atoms with Gasteiger partial charge in [0.15, 0.2) is 0 Å². The quantitative estimate of drug-likeness (QED) is 0.484. The van der Waals surface area contributed by atoms with Gasteiger partial charge < -0.3 is 10.4 Å². The summed E-state index contributed by atoms with van der Waals surface area (Å²) in [6.45, 7) is 3.42. The highest BCUT2D eigenvalue weighted by atomic mass is 32.2. The van der Waals surface area contributed by atoms with E-state index in [-0.39, 0.29) is 0 Å². The molecule has 0 atom stereocenters. The molecule has 0 rings (SSSR count). The van der Waals surface area contributed by atoms with E-state index in [2.05, 4.69) is 5.32 Å². The van der Waals surface area contributed by atoms with Gasteiger partial charge in [-0.2, -0.15) is 11.8 Å². The molecule has 0 unspecified atom stereocenters. The summed E-state index contributed by atoms with van der Waals surface area (Å²) in [6.07, 6.45) is 4.37. The van der Waals surface area contributed by atoms with Gasteiger partial charge in [0.05, 0.1) is 0 Å². The summed E-state index contributed by atoms with van der Waals surface area (Å²) >= 11 is 1.77. The molecule has 4 heteroatoms. The van der Waals surface area contributed by atoms with Crippen molar-refractivity contribution in [2.75, 3.05) is 25.1 Å². The van der Waals surface area contributed by atoms with Crippen molar-refractivity contribution < 1.29 is 9.90 Å². The molecule has 0 saturated heterocycles. The molecular formula is C9H17NO2S. The number of carbonyl (C=O) groups is 1. The molecule has 0 aromatic carbocycles. The van der Waals surface area contributed by atoms with Crippen molar-refractivity contribution in [1.82, 2.24) is 5.32 Å². The van der Waals surface area contributed by atoms with E-state index in [4.69, 9.17) is 5.11 Å². The molecule has 13 heavy (non-hydrogen) atoms. The number of hydrogen-bond donors (Lipinski definition) is 2. The van der Waals surface area contributed by atoms with Crippen LogP contribution in [0.25, 0.3) is 0 Å². The molecule has 0 aromatic rings. The van der Waals surface area contributed by atoms with Gasteiger partial charge in [-0.15, -0.1) is 0 Å². The zero-order chi connectivity index (χ0) is 10.1. The van der Waals surface area contributed by atoms with E-state index in [1.54, 1.807) is 17.8 Å². The van der Waals surface area contributed by atoms with Gasteiger partial charge in [-0.25, -0.2) is 4.79 Å². The van der Waals surface area contributed by atoms with Crippen molar-refractivity contribution in [1.29, 1.82) is 0 Å². The Balaban J connectivity index is 3.61. The van der Waals surface area contributed by atoms with Crippen molar-refractivity contribution in [3.05, 3.63) is 11.6 Å². The van der Waals surface area contributed by atoms with Crippen LogP contribution in [-0.4, -0.2) is 36.2 Å². The number of aliphatic carboxylic acids is 1. The number of hydrogen-bond acceptors (Lipinski definition) is 3. The standard InChI is InChI=1S/C9H17NO2S/c1-3-8(9(11)12)4-5-10-6-7-13-2/h4,10H,3,5-7H2,1-2H3,(H,11,12). The summed E-state index contributed by atoms with van der Waals surface area (Å²) in [4.78, 5) is 10.6. The van der Waals surface area contributed by atoms with Crippen molar-refractivity contribution in [2.24, 2.45) is 0 Å². The van der Waals surface area contributed by atoms with E-state index in [9.17, 15) is 4.79 Å². The fraction of sp³-hybridized carbons (Fsp3) is 0.667. The third-order valence-electron chi connectivity index (χ3n) is 1.63. The van der Waals surface area contributed by atoms with Gasteiger partial charge in [0.2, 0.25) is 0 Å². The normalized spacial score (nSPS) is 11.7. The second-order valence-corrected chi connectivity index (χ2v) is 3.57. The Morgan fingerprint density at radius 3 is 2.77 bits per heavy atom. The molecule has 76 valence electrons. The summed E-state index contributed by atoms with van der Waals surface area (Å²) in [6, 6.07) is 0. The lowest BCUT2D eigenvalue weighted by Gasteiger charge is -2.00. The Labute approximate surface area is 83.6 Å². The first kappa shape index (κ1) is 12.5. The van der Waals surface area contributed by atoms with Crippen LogP contribution in [-0.2, 0) is 4.79 Å². The maximum atomic E-state index is 10.6. The van der Waals surface area contributed by atoms with Gasteiger partial charge in [-0.3, -0.25) is 0 Å². The lowest BCUT2D eigenvalue weighted by molar-refractivity contribution is -0.132. The fourth-order valence-corrected chi connectivity index (χ4v) is 1.20. The first-order valence-corrected chi connectivity index (χ1v) is 5.73. The third kappa shape index (κ3) is 6.66. The van der Waals surface area contributed by atoms with Crippen molar-refractivity contribution in [3.8, 4) is 0 Å². The Bertz CT molecular complexity index is 180. The zero-order valence-corrected chi connectivity index (χ0v) is 8.99. The summed E-state index contributed by atoms with van der Waals surface area (Å²) in [5.74, 6) is 0.247. The second kappa shape index (κ2) is 8.13. The van der Waals surface area contributed by atoms with Gasteiger partial charge in [0, 0.05) is 24.4 Å². The summed E-state index contributed by atoms with van der Waals surface area (Å²) in [5.41, 5.74) is 0.483. The predicted molar refractivity (Wildman–Crippen MR) is 57.3 cm³/mol. The van der Waals surface area contributed by atoms with E-state index in [1.807, 2.05) is 13.2 Å². The zero-order valence-electron chi connectivity index (χ0n) is 8.17. The minimum Gasteiger partial charge on any atom is -0.478 e. The van der Waals surface area contributed by atoms with Crippen molar-refractivity contribution >= 4 is 17.7 Å². The van der Waals surface area contributed by atoms with Gasteiger partial charge in [0.25, 0.3) is 0 Å². The topological polar surface area (TPSA) is 49.3 Å². The lowest BCUT2D eigenvalue weighted by atomic mass is 10.2. The Hall–Kier alpha value is -0.480. The van der Waals surface area contributed by atoms with E-state index >= 15 is 0 Å². The van der Waals surface area contributed by atoms with E-state index < -0.39 is 5.97 Å². The molecule has 0 spiro atoms. The van der Waals surface area contributed by atoms with Gasteiger partial charge in [-0.05, 0) is 12.7 Å². The van der Waals surface area contributed by atoms with Gasteiger partial charge in [0.1, 0.15) is 0 Å². The average Bonchev–Trinajstić information content (AvgIpc) is 2.10. The van der Waals surface area contributed by atoms with E-state index in [0.717, 1.165) is 12.3 Å². The van der Waals surface area contributed by atoms with Crippen molar-refractivity contribution in [3.63, 3.8) is 0 Å². The van der Waals surface area contributed by atoms with Crippen LogP contribution >= 0.6 is 11.8 Å². The highest BCUT2D eigenvalue weighted by Crippen LogP contribution is 1.98. The van der Waals surface area contributed by atoms with Crippen LogP contribution in [0.5, 0.6) is 0 Å². The number of nitrogens with one attached hydrogen (secondary N) is 1. The molecule has 2 N–H and O–H groups in total. The van der Waals surface area contributed by atoms with Crippen molar-refractivity contribution in [2.45, 2.75) is 13.3 Å². The molecule has 0 bridgehead atoms. The summed E-state index contributed by atoms with van der Waals surface area (Å²) in [7, 11) is 0. The monoisotopic (exact) mass is 203 g/mol. The highest BCUT2D eigenvalue weighted by molar-refractivity contribution is 7.98. The fourth-order valence-electron chi connectivity index (χ4n) is 0.855. The summed E-state index contributed by atoms with van der Waals surface area (Å²) < 4.78 is 0. The molecular weight excluding hydrogens is 186 g/mol. The maximum absolute atomic E-state index is 10.6. The molecule has 0 aliphatic rings. The predicted octanol–water partition coefficient (Wildman–Crippen LogP) is 1.36. The van der Waals surface area contributed by atoms with Crippen LogP contribution in [0.3, 0.4) is 0 Å². The molecule has 0 saturated carbocycles. The largest absolute Gasteiger partial charge is 0.478 e. The molecule has 0 aromatic heterocycles. The van der Waals surface area contributed by atoms with Gasteiger partial charge >= 0.3 is 5.97 Å². The average molecular weight is 203 g/mol. The molecule has 0 heterocycles. The molecule has 0 amide bonds. The van der Waals surface area contributed by atoms with Crippen LogP contribution in [0, 0.1) is 0 Å². The van der Waals surface area contributed by atoms with Crippen LogP contribution in [0.1, 0.15) is 13.3 Å². The maximum Gasteiger partial charge on any atom is 0.331 e. The highest BCUT2D eigenvalue weighted by Gasteiger charge is 2.01. The first-order valence-electron chi connectivity index (χ1n) is 4.34. The van der Waals surface area contributed by atoms with E-state index in [1.165, 1.54) is 0 Å². The lowest BCUT2D eigenvalue weighted by Crippen LogP contribution is -2.17. The van der Waals surface area contributed by atoms with Crippen LogP contribution in [0.15, 0.2) is 11.6 Å². The van der Waals surface area contributed by atoms with Gasteiger partial charge in [-0.1, -0.05) is 13.0 Å². The third-order valence-corrected chi connectivity index (χ3v) is 2.24. The van der Waals surface area contributed by atoms with Crippen LogP contribution in [0.4, 0.5) is 0 Å². The molecule has 0 aliphatic heterocycles. The summed E-state index contributed by atoms with van der Waals surface area (Å²) in [5, 5.41) is 11.8. The molecule has 3 nitrogen and oxygen atoms in total. The van der Waals surface area contributed by atoms with Crippen LogP contribution in [0.2, 0.25) is 0 Å². The second-order valence-electron chi connectivity index (χ2n) is 2.58.